The highest BCUT2D eigenvalue weighted by Gasteiger charge is 2.35. The van der Waals surface area contributed by atoms with Crippen molar-refractivity contribution >= 4 is 0 Å². The van der Waals surface area contributed by atoms with Crippen molar-refractivity contribution in [3.8, 4) is 5.75 Å². The highest BCUT2D eigenvalue weighted by atomic mass is 16.5. The Morgan fingerprint density at radius 1 is 1.53 bits per heavy atom. The molecule has 2 N–H and O–H groups in total. The van der Waals surface area contributed by atoms with Crippen LogP contribution < -0.4 is 10.5 Å². The molecule has 2 rings (SSSR count). The lowest BCUT2D eigenvalue weighted by atomic mass is 9.82. The minimum atomic E-state index is 0.179. The van der Waals surface area contributed by atoms with Crippen molar-refractivity contribution in [2.45, 2.75) is 51.0 Å². The van der Waals surface area contributed by atoms with Crippen LogP contribution in [-0.4, -0.2) is 17.6 Å². The van der Waals surface area contributed by atoms with Crippen LogP contribution >= 0.6 is 0 Å². The standard InChI is InChI=1S/C14H22N2O/c1-3-6-17-13-7-11(9-16-10-13)14(2)5-4-12(15)8-14/h7,9-10,12H,3-6,8,15H2,1-2H3. The summed E-state index contributed by atoms with van der Waals surface area (Å²) in [6, 6.07) is 2.46. The average Bonchev–Trinajstić information content (AvgIpc) is 2.68. The van der Waals surface area contributed by atoms with E-state index in [4.69, 9.17) is 10.5 Å². The summed E-state index contributed by atoms with van der Waals surface area (Å²) in [7, 11) is 0. The van der Waals surface area contributed by atoms with Crippen LogP contribution in [0.2, 0.25) is 0 Å². The van der Waals surface area contributed by atoms with Crippen LogP contribution in [0.25, 0.3) is 0 Å². The minimum Gasteiger partial charge on any atom is -0.492 e. The van der Waals surface area contributed by atoms with Gasteiger partial charge in [-0.3, -0.25) is 4.98 Å². The zero-order chi connectivity index (χ0) is 12.3. The summed E-state index contributed by atoms with van der Waals surface area (Å²) in [5.41, 5.74) is 7.46. The van der Waals surface area contributed by atoms with Gasteiger partial charge in [-0.1, -0.05) is 13.8 Å². The average molecular weight is 234 g/mol. The number of nitrogens with zero attached hydrogens (tertiary/aromatic N) is 1. The Morgan fingerprint density at radius 3 is 3.00 bits per heavy atom. The first kappa shape index (κ1) is 12.4. The molecule has 0 aliphatic heterocycles. The second kappa shape index (κ2) is 5.05. The van der Waals surface area contributed by atoms with Crippen LogP contribution in [0.4, 0.5) is 0 Å². The Labute approximate surface area is 103 Å². The summed E-state index contributed by atoms with van der Waals surface area (Å²) in [6.45, 7) is 5.14. The van der Waals surface area contributed by atoms with Gasteiger partial charge in [-0.2, -0.15) is 0 Å². The van der Waals surface area contributed by atoms with Crippen LogP contribution in [0.5, 0.6) is 5.75 Å². The molecule has 3 heteroatoms. The fourth-order valence-corrected chi connectivity index (χ4v) is 2.60. The van der Waals surface area contributed by atoms with Gasteiger partial charge >= 0.3 is 0 Å². The summed E-state index contributed by atoms with van der Waals surface area (Å²) in [5, 5.41) is 0. The molecular formula is C14H22N2O. The number of hydrogen-bond acceptors (Lipinski definition) is 3. The van der Waals surface area contributed by atoms with Crippen molar-refractivity contribution in [3.05, 3.63) is 24.0 Å². The van der Waals surface area contributed by atoms with Crippen molar-refractivity contribution in [1.29, 1.82) is 0 Å². The number of pyridine rings is 1. The van der Waals surface area contributed by atoms with Crippen molar-refractivity contribution in [3.63, 3.8) is 0 Å². The van der Waals surface area contributed by atoms with Crippen LogP contribution in [-0.2, 0) is 5.41 Å². The third-order valence-electron chi connectivity index (χ3n) is 3.66. The summed E-state index contributed by atoms with van der Waals surface area (Å²) in [4.78, 5) is 4.29. The van der Waals surface area contributed by atoms with E-state index < -0.39 is 0 Å². The molecule has 0 amide bonds. The molecule has 1 fully saturated rings. The molecule has 0 bridgehead atoms. The molecule has 1 aromatic heterocycles. The van der Waals surface area contributed by atoms with Gasteiger partial charge in [0.2, 0.25) is 0 Å². The summed E-state index contributed by atoms with van der Waals surface area (Å²) in [5.74, 6) is 0.881. The maximum absolute atomic E-state index is 6.01. The Kier molecular flexibility index (Phi) is 3.67. The lowest BCUT2D eigenvalue weighted by Gasteiger charge is -2.24. The quantitative estimate of drug-likeness (QED) is 0.871. The maximum Gasteiger partial charge on any atom is 0.137 e. The molecule has 1 saturated carbocycles. The molecule has 3 nitrogen and oxygen atoms in total. The highest BCUT2D eigenvalue weighted by molar-refractivity contribution is 5.30. The van der Waals surface area contributed by atoms with E-state index in [1.165, 1.54) is 5.56 Å². The molecular weight excluding hydrogens is 212 g/mol. The van der Waals surface area contributed by atoms with Gasteiger partial charge in [0.05, 0.1) is 12.8 Å². The maximum atomic E-state index is 6.01. The van der Waals surface area contributed by atoms with Gasteiger partial charge in [0.25, 0.3) is 0 Å². The molecule has 1 aliphatic rings. The first-order valence-corrected chi connectivity index (χ1v) is 6.48. The van der Waals surface area contributed by atoms with Crippen LogP contribution in [0.3, 0.4) is 0 Å². The second-order valence-corrected chi connectivity index (χ2v) is 5.32. The first-order valence-electron chi connectivity index (χ1n) is 6.48. The largest absolute Gasteiger partial charge is 0.492 e. The van der Waals surface area contributed by atoms with E-state index in [9.17, 15) is 0 Å². The third kappa shape index (κ3) is 2.78. The molecule has 0 aromatic carbocycles. The Balaban J connectivity index is 2.15. The molecule has 0 spiro atoms. The minimum absolute atomic E-state index is 0.179. The van der Waals surface area contributed by atoms with E-state index in [0.29, 0.717) is 6.04 Å². The highest BCUT2D eigenvalue weighted by Crippen LogP contribution is 2.40. The van der Waals surface area contributed by atoms with Gasteiger partial charge in [-0.05, 0) is 42.7 Å². The fourth-order valence-electron chi connectivity index (χ4n) is 2.60. The molecule has 2 atom stereocenters. The van der Waals surface area contributed by atoms with Gasteiger partial charge in [0.1, 0.15) is 5.75 Å². The zero-order valence-corrected chi connectivity index (χ0v) is 10.8. The third-order valence-corrected chi connectivity index (χ3v) is 3.66. The number of rotatable bonds is 4. The lowest BCUT2D eigenvalue weighted by Crippen LogP contribution is -2.22. The fraction of sp³-hybridized carbons (Fsp3) is 0.643. The summed E-state index contributed by atoms with van der Waals surface area (Å²) >= 11 is 0. The molecule has 17 heavy (non-hydrogen) atoms. The molecule has 0 radical (unpaired) electrons. The number of nitrogens with two attached hydrogens (primary N) is 1. The van der Waals surface area contributed by atoms with Gasteiger partial charge < -0.3 is 10.5 Å². The van der Waals surface area contributed by atoms with Gasteiger partial charge in [-0.25, -0.2) is 0 Å². The van der Waals surface area contributed by atoms with E-state index in [-0.39, 0.29) is 5.41 Å². The Morgan fingerprint density at radius 2 is 2.35 bits per heavy atom. The number of hydrogen-bond donors (Lipinski definition) is 1. The molecule has 94 valence electrons. The van der Waals surface area contributed by atoms with E-state index >= 15 is 0 Å². The number of ether oxygens (including phenoxy) is 1. The van der Waals surface area contributed by atoms with E-state index in [1.807, 2.05) is 6.20 Å². The van der Waals surface area contributed by atoms with Crippen molar-refractivity contribution in [2.75, 3.05) is 6.61 Å². The summed E-state index contributed by atoms with van der Waals surface area (Å²) in [6.07, 6.45) is 8.07. The second-order valence-electron chi connectivity index (χ2n) is 5.32. The van der Waals surface area contributed by atoms with E-state index in [2.05, 4.69) is 24.9 Å². The molecule has 2 unspecified atom stereocenters. The van der Waals surface area contributed by atoms with Crippen LogP contribution in [0.1, 0.15) is 45.1 Å². The van der Waals surface area contributed by atoms with Crippen LogP contribution in [0.15, 0.2) is 18.5 Å². The zero-order valence-electron chi connectivity index (χ0n) is 10.8. The monoisotopic (exact) mass is 234 g/mol. The normalized spacial score (nSPS) is 28.3. The predicted octanol–water partition coefficient (Wildman–Crippen LogP) is 2.64. The SMILES string of the molecule is CCCOc1cncc(C2(C)CCC(N)C2)c1. The van der Waals surface area contributed by atoms with Crippen molar-refractivity contribution in [1.82, 2.24) is 4.98 Å². The van der Waals surface area contributed by atoms with Crippen molar-refractivity contribution in [2.24, 2.45) is 5.73 Å². The van der Waals surface area contributed by atoms with Gasteiger partial charge in [-0.15, -0.1) is 0 Å². The first-order chi connectivity index (χ1) is 8.14. The molecule has 1 heterocycles. The van der Waals surface area contributed by atoms with Crippen molar-refractivity contribution < 1.29 is 4.74 Å². The van der Waals surface area contributed by atoms with Gasteiger partial charge in [0.15, 0.2) is 0 Å². The summed E-state index contributed by atoms with van der Waals surface area (Å²) < 4.78 is 5.63. The van der Waals surface area contributed by atoms with E-state index in [0.717, 1.165) is 38.0 Å². The Bertz CT molecular complexity index is 380. The topological polar surface area (TPSA) is 48.1 Å². The Hall–Kier alpha value is -1.09. The lowest BCUT2D eigenvalue weighted by molar-refractivity contribution is 0.314. The smallest absolute Gasteiger partial charge is 0.137 e. The van der Waals surface area contributed by atoms with Gasteiger partial charge in [0, 0.05) is 12.2 Å². The van der Waals surface area contributed by atoms with Crippen LogP contribution in [0, 0.1) is 0 Å². The number of aromatic nitrogens is 1. The predicted molar refractivity (Wildman–Crippen MR) is 69.2 cm³/mol. The molecule has 1 aliphatic carbocycles. The molecule has 0 saturated heterocycles. The molecule has 1 aromatic rings. The van der Waals surface area contributed by atoms with E-state index in [1.54, 1.807) is 6.20 Å².